The summed E-state index contributed by atoms with van der Waals surface area (Å²) in [5.41, 5.74) is 5.35. The highest BCUT2D eigenvalue weighted by atomic mass is 31.2. The highest BCUT2D eigenvalue weighted by Gasteiger charge is 2.12. The third-order valence-corrected chi connectivity index (χ3v) is 1.81. The largest absolute Gasteiger partial charge is 0.349 e. The summed E-state index contributed by atoms with van der Waals surface area (Å²) in [5.74, 6) is 0.00398. The van der Waals surface area contributed by atoms with Crippen LogP contribution in [0, 0.1) is 5.92 Å². The summed E-state index contributed by atoms with van der Waals surface area (Å²) in [6, 6.07) is 0. The first-order valence-electron chi connectivity index (χ1n) is 2.96. The summed E-state index contributed by atoms with van der Waals surface area (Å²) in [7, 11) is -1.92. The van der Waals surface area contributed by atoms with Crippen LogP contribution >= 0.6 is 8.38 Å². The van der Waals surface area contributed by atoms with Crippen molar-refractivity contribution in [1.82, 2.24) is 0 Å². The second-order valence-corrected chi connectivity index (χ2v) is 3.82. The molecule has 0 heterocycles. The van der Waals surface area contributed by atoms with E-state index in [2.05, 4.69) is 0 Å². The summed E-state index contributed by atoms with van der Waals surface area (Å²) in [6.07, 6.45) is 0.679. The third-order valence-electron chi connectivity index (χ3n) is 1.01. The van der Waals surface area contributed by atoms with Crippen LogP contribution in [0.2, 0.25) is 0 Å². The van der Waals surface area contributed by atoms with Gasteiger partial charge in [-0.3, -0.25) is 0 Å². The van der Waals surface area contributed by atoms with Crippen molar-refractivity contribution in [3.05, 3.63) is 0 Å². The molecule has 0 aromatic heterocycles. The Morgan fingerprint density at radius 2 is 1.89 bits per heavy atom. The van der Waals surface area contributed by atoms with Crippen LogP contribution < -0.4 is 5.73 Å². The summed E-state index contributed by atoms with van der Waals surface area (Å²) in [4.78, 5) is 17.1. The minimum Gasteiger partial charge on any atom is -0.349 e. The van der Waals surface area contributed by atoms with Gasteiger partial charge in [-0.25, -0.2) is 0 Å². The standard InChI is InChI=1S/C5H14NO2P/c1-4(2)3-5(6)9(7)8/h4-5,7-8H,3,6H2,1-2H3. The quantitative estimate of drug-likeness (QED) is 0.518. The van der Waals surface area contributed by atoms with E-state index in [-0.39, 0.29) is 0 Å². The Balaban J connectivity index is 3.38. The van der Waals surface area contributed by atoms with E-state index in [1.807, 2.05) is 13.8 Å². The van der Waals surface area contributed by atoms with Gasteiger partial charge in [0, 0.05) is 0 Å². The second-order valence-electron chi connectivity index (χ2n) is 2.52. The minimum absolute atomic E-state index is 0.431. The van der Waals surface area contributed by atoms with Crippen molar-refractivity contribution in [2.45, 2.75) is 26.1 Å². The lowest BCUT2D eigenvalue weighted by atomic mass is 10.1. The number of hydrogen-bond acceptors (Lipinski definition) is 3. The van der Waals surface area contributed by atoms with Crippen LogP contribution in [0.5, 0.6) is 0 Å². The lowest BCUT2D eigenvalue weighted by Gasteiger charge is -2.13. The van der Waals surface area contributed by atoms with E-state index < -0.39 is 14.2 Å². The van der Waals surface area contributed by atoms with Crippen LogP contribution in [0.4, 0.5) is 0 Å². The van der Waals surface area contributed by atoms with Crippen molar-refractivity contribution >= 4 is 8.38 Å². The maximum absolute atomic E-state index is 8.57. The van der Waals surface area contributed by atoms with Gasteiger partial charge in [0.15, 0.2) is 8.38 Å². The fourth-order valence-electron chi connectivity index (χ4n) is 0.577. The Bertz CT molecular complexity index is 77.4. The number of nitrogens with two attached hydrogens (primary N) is 1. The Kier molecular flexibility index (Phi) is 4.32. The SMILES string of the molecule is CC(C)CC(N)P(O)O. The summed E-state index contributed by atoms with van der Waals surface area (Å²) in [6.45, 7) is 4.00. The number of hydrogen-bond donors (Lipinski definition) is 3. The summed E-state index contributed by atoms with van der Waals surface area (Å²) < 4.78 is 0. The van der Waals surface area contributed by atoms with Gasteiger partial charge in [0.1, 0.15) is 0 Å². The molecule has 56 valence electrons. The Morgan fingerprint density at radius 1 is 1.44 bits per heavy atom. The number of rotatable bonds is 3. The Labute approximate surface area is 56.8 Å². The van der Waals surface area contributed by atoms with Crippen LogP contribution in [-0.2, 0) is 0 Å². The molecule has 0 rings (SSSR count). The normalized spacial score (nSPS) is 15.0. The molecule has 0 saturated carbocycles. The molecule has 9 heavy (non-hydrogen) atoms. The van der Waals surface area contributed by atoms with E-state index in [1.165, 1.54) is 0 Å². The first-order valence-corrected chi connectivity index (χ1v) is 4.28. The van der Waals surface area contributed by atoms with Crippen molar-refractivity contribution in [2.75, 3.05) is 0 Å². The Morgan fingerprint density at radius 3 is 2.00 bits per heavy atom. The molecule has 0 aliphatic rings. The molecule has 0 aliphatic heterocycles. The molecule has 4 N–H and O–H groups in total. The summed E-state index contributed by atoms with van der Waals surface area (Å²) >= 11 is 0. The van der Waals surface area contributed by atoms with Gasteiger partial charge < -0.3 is 15.5 Å². The van der Waals surface area contributed by atoms with Crippen LogP contribution in [-0.4, -0.2) is 15.6 Å². The monoisotopic (exact) mass is 151 g/mol. The zero-order chi connectivity index (χ0) is 7.44. The average molecular weight is 151 g/mol. The topological polar surface area (TPSA) is 66.5 Å². The molecule has 0 bridgehead atoms. The van der Waals surface area contributed by atoms with Gasteiger partial charge in [-0.1, -0.05) is 13.8 Å². The molecule has 0 radical (unpaired) electrons. The lowest BCUT2D eigenvalue weighted by molar-refractivity contribution is 0.443. The molecule has 0 aliphatic carbocycles. The second kappa shape index (κ2) is 4.18. The van der Waals surface area contributed by atoms with Gasteiger partial charge in [-0.05, 0) is 12.3 Å². The van der Waals surface area contributed by atoms with Crippen LogP contribution in [0.3, 0.4) is 0 Å². The maximum Gasteiger partial charge on any atom is 0.183 e. The molecular formula is C5H14NO2P. The van der Waals surface area contributed by atoms with Crippen LogP contribution in [0.15, 0.2) is 0 Å². The molecule has 1 atom stereocenters. The van der Waals surface area contributed by atoms with Crippen molar-refractivity contribution in [3.8, 4) is 0 Å². The van der Waals surface area contributed by atoms with Crippen molar-refractivity contribution in [2.24, 2.45) is 11.7 Å². The zero-order valence-electron chi connectivity index (χ0n) is 5.78. The fourth-order valence-corrected chi connectivity index (χ4v) is 1.19. The predicted molar refractivity (Wildman–Crippen MR) is 38.8 cm³/mol. The van der Waals surface area contributed by atoms with Gasteiger partial charge in [0.25, 0.3) is 0 Å². The smallest absolute Gasteiger partial charge is 0.183 e. The van der Waals surface area contributed by atoms with E-state index >= 15 is 0 Å². The van der Waals surface area contributed by atoms with Crippen molar-refractivity contribution in [1.29, 1.82) is 0 Å². The molecule has 0 spiro atoms. The molecule has 3 nitrogen and oxygen atoms in total. The van der Waals surface area contributed by atoms with Gasteiger partial charge in [0.2, 0.25) is 0 Å². The van der Waals surface area contributed by atoms with E-state index in [9.17, 15) is 0 Å². The predicted octanol–water partition coefficient (Wildman–Crippen LogP) is 0.614. The highest BCUT2D eigenvalue weighted by Crippen LogP contribution is 2.30. The lowest BCUT2D eigenvalue weighted by Crippen LogP contribution is -2.19. The molecule has 1 unspecified atom stereocenters. The molecular weight excluding hydrogens is 137 g/mol. The Hall–Kier alpha value is 0.310. The highest BCUT2D eigenvalue weighted by molar-refractivity contribution is 7.45. The molecule has 0 amide bonds. The van der Waals surface area contributed by atoms with E-state index in [0.717, 1.165) is 0 Å². The van der Waals surface area contributed by atoms with Crippen molar-refractivity contribution in [3.63, 3.8) is 0 Å². The van der Waals surface area contributed by atoms with Crippen molar-refractivity contribution < 1.29 is 9.79 Å². The molecule has 0 aromatic rings. The molecule has 4 heteroatoms. The zero-order valence-corrected chi connectivity index (χ0v) is 6.68. The molecule has 0 fully saturated rings. The van der Waals surface area contributed by atoms with Gasteiger partial charge in [-0.15, -0.1) is 0 Å². The van der Waals surface area contributed by atoms with Gasteiger partial charge in [-0.2, -0.15) is 0 Å². The minimum atomic E-state index is -1.92. The van der Waals surface area contributed by atoms with E-state index in [4.69, 9.17) is 15.5 Å². The average Bonchev–Trinajstić information content (AvgIpc) is 1.63. The molecule has 0 aromatic carbocycles. The maximum atomic E-state index is 8.57. The fraction of sp³-hybridized carbons (Fsp3) is 1.00. The first kappa shape index (κ1) is 9.31. The van der Waals surface area contributed by atoms with E-state index in [1.54, 1.807) is 0 Å². The van der Waals surface area contributed by atoms with Gasteiger partial charge in [0.05, 0.1) is 5.78 Å². The third kappa shape index (κ3) is 4.79. The van der Waals surface area contributed by atoms with Gasteiger partial charge >= 0.3 is 0 Å². The van der Waals surface area contributed by atoms with Crippen LogP contribution in [0.25, 0.3) is 0 Å². The van der Waals surface area contributed by atoms with E-state index in [0.29, 0.717) is 12.3 Å². The summed E-state index contributed by atoms with van der Waals surface area (Å²) in [5, 5.41) is 0. The first-order chi connectivity index (χ1) is 4.04. The van der Waals surface area contributed by atoms with Crippen LogP contribution in [0.1, 0.15) is 20.3 Å². The molecule has 0 saturated heterocycles.